The molecule has 0 saturated carbocycles. The molecule has 0 radical (unpaired) electrons. The van der Waals surface area contributed by atoms with Crippen molar-refractivity contribution >= 4 is 17.6 Å². The van der Waals surface area contributed by atoms with Crippen LogP contribution in [0.3, 0.4) is 0 Å². The van der Waals surface area contributed by atoms with Crippen LogP contribution in [0.2, 0.25) is 0 Å². The van der Waals surface area contributed by atoms with Crippen LogP contribution in [0.15, 0.2) is 12.1 Å². The van der Waals surface area contributed by atoms with Gasteiger partial charge in [0.2, 0.25) is 0 Å². The zero-order valence-corrected chi connectivity index (χ0v) is 7.81. The smallest absolute Gasteiger partial charge is 0.308 e. The maximum Gasteiger partial charge on any atom is 0.308 e. The van der Waals surface area contributed by atoms with E-state index in [9.17, 15) is 13.6 Å². The van der Waals surface area contributed by atoms with Gasteiger partial charge in [-0.25, -0.2) is 8.78 Å². The highest BCUT2D eigenvalue weighted by Crippen LogP contribution is 2.17. The number of halogens is 3. The molecule has 1 rings (SSSR count). The van der Waals surface area contributed by atoms with Crippen LogP contribution >= 0.6 is 11.6 Å². The van der Waals surface area contributed by atoms with Crippen LogP contribution in [-0.4, -0.2) is 11.1 Å². The van der Waals surface area contributed by atoms with Gasteiger partial charge in [0.15, 0.2) is 0 Å². The Labute approximate surface area is 84.1 Å². The maximum atomic E-state index is 13.1. The van der Waals surface area contributed by atoms with Crippen LogP contribution in [0, 0.1) is 11.6 Å². The van der Waals surface area contributed by atoms with Gasteiger partial charge in [0.1, 0.15) is 11.6 Å². The zero-order chi connectivity index (χ0) is 10.7. The molecule has 0 bridgehead atoms. The summed E-state index contributed by atoms with van der Waals surface area (Å²) in [5, 5.41) is 8.38. The Balaban J connectivity index is 3.11. The number of carboxylic acid groups (broad SMARTS) is 1. The van der Waals surface area contributed by atoms with Crippen molar-refractivity contribution in [2.45, 2.75) is 12.3 Å². The minimum atomic E-state index is -1.28. The van der Waals surface area contributed by atoms with Crippen molar-refractivity contribution in [3.05, 3.63) is 34.9 Å². The summed E-state index contributed by atoms with van der Waals surface area (Å²) in [4.78, 5) is 10.3. The first-order valence-electron chi connectivity index (χ1n) is 3.79. The van der Waals surface area contributed by atoms with Gasteiger partial charge in [-0.1, -0.05) is 0 Å². The molecule has 0 atom stereocenters. The van der Waals surface area contributed by atoms with Gasteiger partial charge in [0, 0.05) is 11.4 Å². The number of hydrogen-bond donors (Lipinski definition) is 1. The normalized spacial score (nSPS) is 10.2. The van der Waals surface area contributed by atoms with E-state index < -0.39 is 29.6 Å². The van der Waals surface area contributed by atoms with Gasteiger partial charge in [0.05, 0.1) is 6.42 Å². The molecule has 0 aliphatic heterocycles. The van der Waals surface area contributed by atoms with E-state index in [0.29, 0.717) is 0 Å². The molecule has 0 saturated heterocycles. The Morgan fingerprint density at radius 3 is 2.21 bits per heavy atom. The lowest BCUT2D eigenvalue weighted by Gasteiger charge is -2.04. The summed E-state index contributed by atoms with van der Waals surface area (Å²) in [7, 11) is 0. The Morgan fingerprint density at radius 2 is 1.86 bits per heavy atom. The largest absolute Gasteiger partial charge is 0.481 e. The molecule has 1 aromatic carbocycles. The summed E-state index contributed by atoms with van der Waals surface area (Å²) in [6.07, 6.45) is -0.666. The summed E-state index contributed by atoms with van der Waals surface area (Å²) < 4.78 is 26.2. The average molecular weight is 221 g/mol. The first-order valence-corrected chi connectivity index (χ1v) is 4.32. The Kier molecular flexibility index (Phi) is 3.41. The minimum absolute atomic E-state index is 0.0127. The SMILES string of the molecule is O=C(O)Cc1c(F)cc(CCl)cc1F. The summed E-state index contributed by atoms with van der Waals surface area (Å²) in [6.45, 7) is 0. The molecule has 0 unspecified atom stereocenters. The molecule has 0 heterocycles. The lowest BCUT2D eigenvalue weighted by Crippen LogP contribution is -2.06. The van der Waals surface area contributed by atoms with E-state index in [0.717, 1.165) is 12.1 Å². The highest BCUT2D eigenvalue weighted by molar-refractivity contribution is 6.17. The number of carboxylic acids is 1. The molecule has 0 aromatic heterocycles. The van der Waals surface area contributed by atoms with Crippen LogP contribution < -0.4 is 0 Å². The topological polar surface area (TPSA) is 37.3 Å². The molecule has 0 amide bonds. The Morgan fingerprint density at radius 1 is 1.36 bits per heavy atom. The number of aliphatic carboxylic acids is 1. The number of alkyl halides is 1. The van der Waals surface area contributed by atoms with Gasteiger partial charge < -0.3 is 5.11 Å². The highest BCUT2D eigenvalue weighted by atomic mass is 35.5. The van der Waals surface area contributed by atoms with Crippen molar-refractivity contribution in [3.63, 3.8) is 0 Å². The highest BCUT2D eigenvalue weighted by Gasteiger charge is 2.13. The fourth-order valence-electron chi connectivity index (χ4n) is 1.05. The number of hydrogen-bond acceptors (Lipinski definition) is 1. The standard InChI is InChI=1S/C9H7ClF2O2/c10-4-5-1-7(11)6(3-9(13)14)8(12)2-5/h1-2H,3-4H2,(H,13,14). The molecule has 0 aliphatic carbocycles. The van der Waals surface area contributed by atoms with Crippen LogP contribution in [0.1, 0.15) is 11.1 Å². The molecule has 1 N–H and O–H groups in total. The van der Waals surface area contributed by atoms with E-state index in [1.165, 1.54) is 0 Å². The third-order valence-corrected chi connectivity index (χ3v) is 1.99. The van der Waals surface area contributed by atoms with Crippen LogP contribution in [-0.2, 0) is 17.1 Å². The van der Waals surface area contributed by atoms with E-state index in [2.05, 4.69) is 0 Å². The van der Waals surface area contributed by atoms with E-state index in [-0.39, 0.29) is 11.4 Å². The molecule has 0 spiro atoms. The van der Waals surface area contributed by atoms with Crippen molar-refractivity contribution in [1.82, 2.24) is 0 Å². The van der Waals surface area contributed by atoms with Crippen LogP contribution in [0.5, 0.6) is 0 Å². The second-order valence-electron chi connectivity index (χ2n) is 2.74. The summed E-state index contributed by atoms with van der Waals surface area (Å²) in [6, 6.07) is 2.07. The van der Waals surface area contributed by atoms with E-state index in [1.54, 1.807) is 0 Å². The van der Waals surface area contributed by atoms with Crippen molar-refractivity contribution in [1.29, 1.82) is 0 Å². The van der Waals surface area contributed by atoms with Crippen molar-refractivity contribution in [3.8, 4) is 0 Å². The van der Waals surface area contributed by atoms with Gasteiger partial charge >= 0.3 is 5.97 Å². The Bertz CT molecular complexity index is 343. The molecule has 0 aliphatic rings. The minimum Gasteiger partial charge on any atom is -0.481 e. The van der Waals surface area contributed by atoms with Crippen LogP contribution in [0.25, 0.3) is 0 Å². The lowest BCUT2D eigenvalue weighted by atomic mass is 10.1. The van der Waals surface area contributed by atoms with Gasteiger partial charge in [0.25, 0.3) is 0 Å². The van der Waals surface area contributed by atoms with Gasteiger partial charge in [-0.3, -0.25) is 4.79 Å². The van der Waals surface area contributed by atoms with Crippen molar-refractivity contribution < 1.29 is 18.7 Å². The van der Waals surface area contributed by atoms with E-state index in [4.69, 9.17) is 16.7 Å². The first-order chi connectivity index (χ1) is 6.54. The summed E-state index contributed by atoms with van der Waals surface area (Å²) >= 11 is 5.38. The molecular formula is C9H7ClF2O2. The molecule has 5 heteroatoms. The maximum absolute atomic E-state index is 13.1. The fraction of sp³-hybridized carbons (Fsp3) is 0.222. The average Bonchev–Trinajstić information content (AvgIpc) is 2.10. The fourth-order valence-corrected chi connectivity index (χ4v) is 1.21. The molecule has 76 valence electrons. The first kappa shape index (κ1) is 10.9. The Hall–Kier alpha value is -1.16. The third kappa shape index (κ3) is 2.42. The molecule has 2 nitrogen and oxygen atoms in total. The molecule has 14 heavy (non-hydrogen) atoms. The molecule has 1 aromatic rings. The predicted octanol–water partition coefficient (Wildman–Crippen LogP) is 2.33. The number of benzene rings is 1. The monoisotopic (exact) mass is 220 g/mol. The van der Waals surface area contributed by atoms with E-state index in [1.807, 2.05) is 0 Å². The molecule has 0 fully saturated rings. The quantitative estimate of drug-likeness (QED) is 0.794. The molecular weight excluding hydrogens is 214 g/mol. The second kappa shape index (κ2) is 4.37. The van der Waals surface area contributed by atoms with Crippen molar-refractivity contribution in [2.24, 2.45) is 0 Å². The zero-order valence-electron chi connectivity index (χ0n) is 7.06. The van der Waals surface area contributed by atoms with Gasteiger partial charge in [-0.05, 0) is 17.7 Å². The van der Waals surface area contributed by atoms with E-state index >= 15 is 0 Å². The number of rotatable bonds is 3. The third-order valence-electron chi connectivity index (χ3n) is 1.68. The lowest BCUT2D eigenvalue weighted by molar-refractivity contribution is -0.136. The van der Waals surface area contributed by atoms with Crippen molar-refractivity contribution in [2.75, 3.05) is 0 Å². The second-order valence-corrected chi connectivity index (χ2v) is 3.01. The van der Waals surface area contributed by atoms with Gasteiger partial charge in [-0.2, -0.15) is 0 Å². The summed E-state index contributed by atoms with van der Waals surface area (Å²) in [5.41, 5.74) is -0.151. The summed E-state index contributed by atoms with van der Waals surface area (Å²) in [5.74, 6) is -3.03. The number of carbonyl (C=O) groups is 1. The predicted molar refractivity (Wildman–Crippen MR) is 47.3 cm³/mol. The van der Waals surface area contributed by atoms with Gasteiger partial charge in [-0.15, -0.1) is 11.6 Å². The van der Waals surface area contributed by atoms with Crippen LogP contribution in [0.4, 0.5) is 8.78 Å².